The molecule has 2 nitrogen and oxygen atoms in total. The summed E-state index contributed by atoms with van der Waals surface area (Å²) in [6, 6.07) is 66.5. The third kappa shape index (κ3) is 4.96. The highest BCUT2D eigenvalue weighted by Crippen LogP contribution is 2.45. The summed E-state index contributed by atoms with van der Waals surface area (Å²) in [5, 5.41) is 9.84. The Labute approximate surface area is 325 Å². The van der Waals surface area contributed by atoms with Gasteiger partial charge in [-0.3, -0.25) is 0 Å². The maximum Gasteiger partial charge on any atom is 0.143 e. The van der Waals surface area contributed by atoms with Gasteiger partial charge in [0.25, 0.3) is 0 Å². The van der Waals surface area contributed by atoms with Gasteiger partial charge >= 0.3 is 0 Å². The molecule has 9 aromatic carbocycles. The van der Waals surface area contributed by atoms with Crippen molar-refractivity contribution in [3.05, 3.63) is 188 Å². The van der Waals surface area contributed by atoms with Crippen LogP contribution in [0.1, 0.15) is 26.3 Å². The van der Waals surface area contributed by atoms with Gasteiger partial charge in [-0.15, -0.1) is 0 Å². The van der Waals surface area contributed by atoms with Gasteiger partial charge in [0.05, 0.1) is 11.0 Å². The molecule has 0 amide bonds. The van der Waals surface area contributed by atoms with Crippen molar-refractivity contribution in [2.75, 3.05) is 0 Å². The highest BCUT2D eigenvalue weighted by molar-refractivity contribution is 6.21. The van der Waals surface area contributed by atoms with Crippen LogP contribution in [0.5, 0.6) is 0 Å². The number of fused-ring (bicyclic) bond motifs is 8. The van der Waals surface area contributed by atoms with E-state index in [2.05, 4.69) is 201 Å². The first-order chi connectivity index (χ1) is 27.4. The van der Waals surface area contributed by atoms with Crippen molar-refractivity contribution >= 4 is 65.3 Å². The number of para-hydroxylation sites is 3. The number of hydrogen-bond donors (Lipinski definition) is 0. The van der Waals surface area contributed by atoms with Crippen molar-refractivity contribution in [3.8, 4) is 39.1 Å². The quantitative estimate of drug-likeness (QED) is 0.166. The van der Waals surface area contributed by atoms with Crippen LogP contribution in [-0.2, 0) is 5.41 Å². The Morgan fingerprint density at radius 2 is 0.982 bits per heavy atom. The van der Waals surface area contributed by atoms with Crippen LogP contribution in [-0.4, -0.2) is 4.57 Å². The summed E-state index contributed by atoms with van der Waals surface area (Å²) in [4.78, 5) is 0. The van der Waals surface area contributed by atoms with Crippen LogP contribution in [0.15, 0.2) is 186 Å². The van der Waals surface area contributed by atoms with Crippen molar-refractivity contribution in [1.29, 1.82) is 0 Å². The third-order valence-electron chi connectivity index (χ3n) is 11.8. The van der Waals surface area contributed by atoms with Crippen LogP contribution < -0.4 is 0 Å². The molecular weight excluding hydrogens is 679 g/mol. The minimum atomic E-state index is 0.0167. The van der Waals surface area contributed by atoms with Crippen molar-refractivity contribution in [2.45, 2.75) is 26.2 Å². The van der Waals surface area contributed by atoms with E-state index >= 15 is 0 Å². The molecular formula is C54H39NO. The second kappa shape index (κ2) is 12.3. The van der Waals surface area contributed by atoms with E-state index in [0.29, 0.717) is 0 Å². The molecule has 56 heavy (non-hydrogen) atoms. The van der Waals surface area contributed by atoms with Gasteiger partial charge in [-0.25, -0.2) is 0 Å². The van der Waals surface area contributed by atoms with E-state index in [0.717, 1.165) is 38.8 Å². The zero-order valence-corrected chi connectivity index (χ0v) is 31.7. The van der Waals surface area contributed by atoms with Gasteiger partial charge in [-0.05, 0) is 103 Å². The van der Waals surface area contributed by atoms with Gasteiger partial charge in [0.15, 0.2) is 0 Å². The summed E-state index contributed by atoms with van der Waals surface area (Å²) in [6.07, 6.45) is 0. The molecule has 0 aliphatic carbocycles. The third-order valence-corrected chi connectivity index (χ3v) is 11.8. The fraction of sp³-hybridized carbons (Fsp3) is 0.0741. The number of nitrogens with zero attached hydrogens (tertiary/aromatic N) is 1. The smallest absolute Gasteiger partial charge is 0.143 e. The largest absolute Gasteiger partial charge is 0.455 e. The van der Waals surface area contributed by atoms with E-state index in [4.69, 9.17) is 4.42 Å². The lowest BCUT2D eigenvalue weighted by molar-refractivity contribution is 0.591. The molecule has 0 radical (unpaired) electrons. The van der Waals surface area contributed by atoms with Crippen LogP contribution in [0.3, 0.4) is 0 Å². The average Bonchev–Trinajstić information content (AvgIpc) is 3.78. The number of aromatic nitrogens is 1. The zero-order valence-electron chi connectivity index (χ0n) is 31.7. The highest BCUT2D eigenvalue weighted by Gasteiger charge is 2.21. The maximum absolute atomic E-state index is 6.46. The van der Waals surface area contributed by atoms with Crippen molar-refractivity contribution in [3.63, 3.8) is 0 Å². The summed E-state index contributed by atoms with van der Waals surface area (Å²) in [7, 11) is 0. The first-order valence-corrected chi connectivity index (χ1v) is 19.5. The van der Waals surface area contributed by atoms with Crippen molar-refractivity contribution in [2.24, 2.45) is 0 Å². The molecule has 0 spiro atoms. The number of hydrogen-bond acceptors (Lipinski definition) is 1. The predicted octanol–water partition coefficient (Wildman–Crippen LogP) is 15.3. The van der Waals surface area contributed by atoms with Crippen molar-refractivity contribution in [1.82, 2.24) is 4.57 Å². The Kier molecular flexibility index (Phi) is 7.15. The topological polar surface area (TPSA) is 18.1 Å². The lowest BCUT2D eigenvalue weighted by Gasteiger charge is -2.23. The molecule has 2 heteroatoms. The van der Waals surface area contributed by atoms with Crippen molar-refractivity contribution < 1.29 is 4.42 Å². The van der Waals surface area contributed by atoms with Gasteiger partial charge in [0.2, 0.25) is 0 Å². The molecule has 11 rings (SSSR count). The molecule has 0 unspecified atom stereocenters. The highest BCUT2D eigenvalue weighted by atomic mass is 16.3. The average molecular weight is 718 g/mol. The molecule has 266 valence electrons. The molecule has 0 N–H and O–H groups in total. The molecule has 0 bridgehead atoms. The van der Waals surface area contributed by atoms with Crippen LogP contribution in [0.4, 0.5) is 0 Å². The lowest BCUT2D eigenvalue weighted by Crippen LogP contribution is -2.10. The predicted molar refractivity (Wildman–Crippen MR) is 238 cm³/mol. The molecule has 0 fully saturated rings. The SMILES string of the molecule is CC(C)(C)c1ccc2c(-c3ccccc3)c3ccccc3c(-c3ccc(-n4c5ccccc5c5cc(-c6cccc7c6oc6ccccc67)ccc54)cc3)c2c1. The summed E-state index contributed by atoms with van der Waals surface area (Å²) in [5.74, 6) is 0. The van der Waals surface area contributed by atoms with Crippen LogP contribution in [0.2, 0.25) is 0 Å². The van der Waals surface area contributed by atoms with Crippen LogP contribution >= 0.6 is 0 Å². The van der Waals surface area contributed by atoms with Gasteiger partial charge in [-0.1, -0.05) is 160 Å². The molecule has 0 aliphatic rings. The lowest BCUT2D eigenvalue weighted by atomic mass is 9.81. The van der Waals surface area contributed by atoms with E-state index in [-0.39, 0.29) is 5.41 Å². The summed E-state index contributed by atoms with van der Waals surface area (Å²) in [5.41, 5.74) is 14.0. The van der Waals surface area contributed by atoms with Gasteiger partial charge < -0.3 is 8.98 Å². The number of benzene rings is 9. The number of rotatable bonds is 4. The van der Waals surface area contributed by atoms with Gasteiger partial charge in [-0.2, -0.15) is 0 Å². The van der Waals surface area contributed by atoms with Gasteiger partial charge in [0, 0.05) is 32.8 Å². The molecule has 0 atom stereocenters. The Morgan fingerprint density at radius 1 is 0.393 bits per heavy atom. The molecule has 2 aromatic heterocycles. The molecule has 0 saturated carbocycles. The summed E-state index contributed by atoms with van der Waals surface area (Å²) < 4.78 is 8.87. The molecule has 11 aromatic rings. The second-order valence-corrected chi connectivity index (χ2v) is 16.1. The normalized spacial score (nSPS) is 12.2. The second-order valence-electron chi connectivity index (χ2n) is 16.1. The van der Waals surface area contributed by atoms with Crippen LogP contribution in [0, 0.1) is 0 Å². The van der Waals surface area contributed by atoms with Crippen LogP contribution in [0.25, 0.3) is 104 Å². The molecule has 0 aliphatic heterocycles. The van der Waals surface area contributed by atoms with E-state index in [1.165, 1.54) is 71.2 Å². The monoisotopic (exact) mass is 717 g/mol. The summed E-state index contributed by atoms with van der Waals surface area (Å²) in [6.45, 7) is 6.90. The standard InChI is InChI=1S/C54H39NO/c1-54(2,3)37-27-30-44-47(33-37)52(43-19-8-7-18-42(43)51(44)34-14-5-4-6-15-34)35-24-28-38(29-25-35)55-48-22-11-9-16-40(48)46-32-36(26-31-49(46)55)39-20-13-21-45-41-17-10-12-23-50(41)56-53(39)45/h4-33H,1-3H3. The fourth-order valence-corrected chi connectivity index (χ4v) is 9.04. The summed E-state index contributed by atoms with van der Waals surface area (Å²) >= 11 is 0. The minimum absolute atomic E-state index is 0.0167. The van der Waals surface area contributed by atoms with E-state index in [1.807, 2.05) is 6.07 Å². The van der Waals surface area contributed by atoms with E-state index in [1.54, 1.807) is 0 Å². The minimum Gasteiger partial charge on any atom is -0.455 e. The fourth-order valence-electron chi connectivity index (χ4n) is 9.04. The molecule has 2 heterocycles. The Morgan fingerprint density at radius 3 is 1.75 bits per heavy atom. The Hall–Kier alpha value is -6.90. The maximum atomic E-state index is 6.46. The Bertz CT molecular complexity index is 3320. The first kappa shape index (κ1) is 32.5. The first-order valence-electron chi connectivity index (χ1n) is 19.5. The number of furan rings is 1. The zero-order chi connectivity index (χ0) is 37.5. The van der Waals surface area contributed by atoms with E-state index < -0.39 is 0 Å². The Balaban J connectivity index is 1.10. The van der Waals surface area contributed by atoms with E-state index in [9.17, 15) is 0 Å². The molecule has 0 saturated heterocycles. The van der Waals surface area contributed by atoms with Gasteiger partial charge in [0.1, 0.15) is 11.2 Å².